The summed E-state index contributed by atoms with van der Waals surface area (Å²) in [5.74, 6) is 0.981. The van der Waals surface area contributed by atoms with E-state index in [0.717, 1.165) is 23.8 Å². The standard InChI is InChI=1S/C17H21N3O2S/c1-20(2)14(11-18-17(21)19-16-4-3-9-23-16)12-5-6-15-13(10-12)7-8-22-15/h3-6,9-10,14H,7-8,11H2,1-2H3,(H2,18,19,21). The fourth-order valence-electron chi connectivity index (χ4n) is 2.71. The van der Waals surface area contributed by atoms with Crippen molar-refractivity contribution >= 4 is 22.4 Å². The van der Waals surface area contributed by atoms with Gasteiger partial charge in [0.05, 0.1) is 17.6 Å². The summed E-state index contributed by atoms with van der Waals surface area (Å²) in [5.41, 5.74) is 2.44. The number of nitrogens with zero attached hydrogens (tertiary/aromatic N) is 1. The molecule has 2 heterocycles. The Kier molecular flexibility index (Phi) is 4.83. The van der Waals surface area contributed by atoms with Gasteiger partial charge in [-0.25, -0.2) is 4.79 Å². The monoisotopic (exact) mass is 331 g/mol. The van der Waals surface area contributed by atoms with Crippen molar-refractivity contribution in [3.63, 3.8) is 0 Å². The summed E-state index contributed by atoms with van der Waals surface area (Å²) < 4.78 is 5.56. The number of benzene rings is 1. The second kappa shape index (κ2) is 7.02. The first-order valence-electron chi connectivity index (χ1n) is 7.64. The van der Waals surface area contributed by atoms with E-state index in [-0.39, 0.29) is 12.1 Å². The minimum Gasteiger partial charge on any atom is -0.493 e. The third kappa shape index (κ3) is 3.83. The lowest BCUT2D eigenvalue weighted by molar-refractivity contribution is 0.243. The molecule has 1 aliphatic heterocycles. The van der Waals surface area contributed by atoms with Gasteiger partial charge < -0.3 is 15.0 Å². The van der Waals surface area contributed by atoms with Crippen molar-refractivity contribution in [3.8, 4) is 5.75 Å². The molecule has 1 aromatic carbocycles. The number of likely N-dealkylation sites (N-methyl/N-ethyl adjacent to an activating group) is 1. The highest BCUT2D eigenvalue weighted by Gasteiger charge is 2.19. The molecule has 2 N–H and O–H groups in total. The van der Waals surface area contributed by atoms with Crippen LogP contribution in [0.15, 0.2) is 35.7 Å². The Morgan fingerprint density at radius 2 is 2.26 bits per heavy atom. The zero-order chi connectivity index (χ0) is 16.2. The van der Waals surface area contributed by atoms with E-state index >= 15 is 0 Å². The van der Waals surface area contributed by atoms with E-state index < -0.39 is 0 Å². The Labute approximate surface area is 140 Å². The van der Waals surface area contributed by atoms with Crippen LogP contribution < -0.4 is 15.4 Å². The molecule has 2 amide bonds. The number of carbonyl (C=O) groups is 1. The predicted molar refractivity (Wildman–Crippen MR) is 93.4 cm³/mol. The van der Waals surface area contributed by atoms with Gasteiger partial charge in [0, 0.05) is 13.0 Å². The maximum absolute atomic E-state index is 12.0. The van der Waals surface area contributed by atoms with Gasteiger partial charge in [0.2, 0.25) is 0 Å². The van der Waals surface area contributed by atoms with Crippen molar-refractivity contribution in [1.29, 1.82) is 0 Å². The summed E-state index contributed by atoms with van der Waals surface area (Å²) in [4.78, 5) is 14.1. The molecule has 1 unspecified atom stereocenters. The van der Waals surface area contributed by atoms with E-state index in [1.54, 1.807) is 0 Å². The molecule has 0 saturated heterocycles. The second-order valence-electron chi connectivity index (χ2n) is 5.76. The van der Waals surface area contributed by atoms with Crippen LogP contribution in [-0.4, -0.2) is 38.2 Å². The van der Waals surface area contributed by atoms with Crippen LogP contribution in [0.1, 0.15) is 17.2 Å². The Hall–Kier alpha value is -2.05. The minimum absolute atomic E-state index is 0.120. The molecule has 0 spiro atoms. The Bertz CT molecular complexity index is 670. The summed E-state index contributed by atoms with van der Waals surface area (Å²) in [7, 11) is 4.04. The molecule has 1 aliphatic rings. The number of hydrogen-bond acceptors (Lipinski definition) is 4. The molecule has 3 rings (SSSR count). The van der Waals surface area contributed by atoms with Crippen LogP contribution in [0.3, 0.4) is 0 Å². The van der Waals surface area contributed by atoms with Crippen molar-refractivity contribution in [1.82, 2.24) is 10.2 Å². The molecular weight excluding hydrogens is 310 g/mol. The quantitative estimate of drug-likeness (QED) is 0.885. The van der Waals surface area contributed by atoms with E-state index in [0.29, 0.717) is 6.54 Å². The molecule has 0 saturated carbocycles. The zero-order valence-corrected chi connectivity index (χ0v) is 14.2. The third-order valence-corrected chi connectivity index (χ3v) is 4.72. The lowest BCUT2D eigenvalue weighted by Crippen LogP contribution is -2.36. The molecule has 0 bridgehead atoms. The largest absolute Gasteiger partial charge is 0.493 e. The second-order valence-corrected chi connectivity index (χ2v) is 6.71. The molecule has 5 nitrogen and oxygen atoms in total. The molecule has 6 heteroatoms. The number of hydrogen-bond donors (Lipinski definition) is 2. The Morgan fingerprint density at radius 3 is 3.00 bits per heavy atom. The average molecular weight is 331 g/mol. The third-order valence-electron chi connectivity index (χ3n) is 3.94. The van der Waals surface area contributed by atoms with E-state index in [1.165, 1.54) is 22.5 Å². The van der Waals surface area contributed by atoms with Gasteiger partial charge in [0.15, 0.2) is 0 Å². The molecule has 1 atom stereocenters. The molecular formula is C17H21N3O2S. The number of nitrogens with one attached hydrogen (secondary N) is 2. The number of amides is 2. The first-order chi connectivity index (χ1) is 11.1. The van der Waals surface area contributed by atoms with Gasteiger partial charge in [-0.15, -0.1) is 11.3 Å². The van der Waals surface area contributed by atoms with Gasteiger partial charge in [-0.1, -0.05) is 12.1 Å². The topological polar surface area (TPSA) is 53.6 Å². The lowest BCUT2D eigenvalue weighted by atomic mass is 10.0. The highest BCUT2D eigenvalue weighted by Crippen LogP contribution is 2.29. The molecule has 23 heavy (non-hydrogen) atoms. The zero-order valence-electron chi connectivity index (χ0n) is 13.3. The average Bonchev–Trinajstić information content (AvgIpc) is 3.17. The van der Waals surface area contributed by atoms with Crippen LogP contribution in [0.25, 0.3) is 0 Å². The minimum atomic E-state index is -0.177. The summed E-state index contributed by atoms with van der Waals surface area (Å²) in [6.07, 6.45) is 0.954. The van der Waals surface area contributed by atoms with Crippen LogP contribution in [0.4, 0.5) is 9.80 Å². The van der Waals surface area contributed by atoms with Crippen LogP contribution >= 0.6 is 11.3 Å². The number of rotatable bonds is 5. The smallest absolute Gasteiger partial charge is 0.319 e. The fraction of sp³-hybridized carbons (Fsp3) is 0.353. The molecule has 0 aliphatic carbocycles. The van der Waals surface area contributed by atoms with Gasteiger partial charge in [-0.3, -0.25) is 5.32 Å². The predicted octanol–water partition coefficient (Wildman–Crippen LogP) is 3.11. The summed E-state index contributed by atoms with van der Waals surface area (Å²) in [6, 6.07) is 10.0. The molecule has 2 aromatic rings. The fourth-order valence-corrected chi connectivity index (χ4v) is 3.32. The van der Waals surface area contributed by atoms with Crippen molar-refractivity contribution in [2.45, 2.75) is 12.5 Å². The Morgan fingerprint density at radius 1 is 1.39 bits per heavy atom. The van der Waals surface area contributed by atoms with Gasteiger partial charge in [-0.05, 0) is 48.8 Å². The van der Waals surface area contributed by atoms with Gasteiger partial charge in [-0.2, -0.15) is 0 Å². The summed E-state index contributed by atoms with van der Waals surface area (Å²) >= 11 is 1.51. The van der Waals surface area contributed by atoms with Crippen molar-refractivity contribution in [2.24, 2.45) is 0 Å². The maximum Gasteiger partial charge on any atom is 0.319 e. The number of anilines is 1. The summed E-state index contributed by atoms with van der Waals surface area (Å²) in [6.45, 7) is 1.30. The number of carbonyl (C=O) groups excluding carboxylic acids is 1. The van der Waals surface area contributed by atoms with Crippen molar-refractivity contribution in [2.75, 3.05) is 32.6 Å². The molecule has 0 fully saturated rings. The molecule has 0 radical (unpaired) electrons. The number of urea groups is 1. The van der Waals surface area contributed by atoms with E-state index in [9.17, 15) is 4.79 Å². The first-order valence-corrected chi connectivity index (χ1v) is 8.52. The first kappa shape index (κ1) is 15.8. The Balaban J connectivity index is 1.64. The van der Waals surface area contributed by atoms with E-state index in [1.807, 2.05) is 37.7 Å². The van der Waals surface area contributed by atoms with Crippen molar-refractivity contribution < 1.29 is 9.53 Å². The van der Waals surface area contributed by atoms with Crippen LogP contribution in [-0.2, 0) is 6.42 Å². The lowest BCUT2D eigenvalue weighted by Gasteiger charge is -2.25. The van der Waals surface area contributed by atoms with E-state index in [2.05, 4.69) is 27.7 Å². The highest BCUT2D eigenvalue weighted by molar-refractivity contribution is 7.14. The van der Waals surface area contributed by atoms with Gasteiger partial charge >= 0.3 is 6.03 Å². The SMILES string of the molecule is CN(C)C(CNC(=O)Nc1cccs1)c1ccc2c(c1)CCO2. The van der Waals surface area contributed by atoms with Crippen molar-refractivity contribution in [3.05, 3.63) is 46.8 Å². The summed E-state index contributed by atoms with van der Waals surface area (Å²) in [5, 5.41) is 8.57. The van der Waals surface area contributed by atoms with E-state index in [4.69, 9.17) is 4.74 Å². The highest BCUT2D eigenvalue weighted by atomic mass is 32.1. The number of fused-ring (bicyclic) bond motifs is 1. The van der Waals surface area contributed by atoms with Crippen LogP contribution in [0.5, 0.6) is 5.75 Å². The number of thiophene rings is 1. The van der Waals surface area contributed by atoms with Gasteiger partial charge in [0.1, 0.15) is 5.75 Å². The van der Waals surface area contributed by atoms with Crippen LogP contribution in [0.2, 0.25) is 0 Å². The molecule has 1 aromatic heterocycles. The maximum atomic E-state index is 12.0. The number of ether oxygens (including phenoxy) is 1. The normalized spacial score (nSPS) is 14.2. The molecule has 122 valence electrons. The van der Waals surface area contributed by atoms with Gasteiger partial charge in [0.25, 0.3) is 0 Å². The van der Waals surface area contributed by atoms with Crippen LogP contribution in [0, 0.1) is 0 Å².